The first kappa shape index (κ1) is 16.5. The van der Waals surface area contributed by atoms with Crippen LogP contribution in [0.15, 0.2) is 47.5 Å². The number of aryl methyl sites for hydroxylation is 2. The van der Waals surface area contributed by atoms with Gasteiger partial charge in [-0.25, -0.2) is 0 Å². The molecule has 2 aromatic rings. The molecule has 130 valence electrons. The molecule has 0 aromatic heterocycles. The molecule has 2 aliphatic heterocycles. The molecule has 4 heteroatoms. The van der Waals surface area contributed by atoms with E-state index in [9.17, 15) is 0 Å². The zero-order valence-electron chi connectivity index (χ0n) is 14.9. The van der Waals surface area contributed by atoms with Gasteiger partial charge in [-0.15, -0.1) is 0 Å². The van der Waals surface area contributed by atoms with Gasteiger partial charge in [-0.1, -0.05) is 30.3 Å². The van der Waals surface area contributed by atoms with Gasteiger partial charge in [-0.2, -0.15) is 11.8 Å². The Balaban J connectivity index is 1.70. The molecule has 1 fully saturated rings. The normalized spacial score (nSPS) is 20.0. The molecule has 0 aliphatic carbocycles. The Morgan fingerprint density at radius 1 is 1.00 bits per heavy atom. The zero-order chi connectivity index (χ0) is 17.3. The summed E-state index contributed by atoms with van der Waals surface area (Å²) in [6.07, 6.45) is 2.23. The average molecular weight is 352 g/mol. The van der Waals surface area contributed by atoms with Crippen LogP contribution in [-0.4, -0.2) is 22.9 Å². The Bertz CT molecular complexity index is 792. The highest BCUT2D eigenvalue weighted by Gasteiger charge is 2.41. The number of anilines is 2. The van der Waals surface area contributed by atoms with Crippen LogP contribution in [0.4, 0.5) is 11.4 Å². The summed E-state index contributed by atoms with van der Waals surface area (Å²) in [6.45, 7) is 5.07. The lowest BCUT2D eigenvalue weighted by molar-refractivity contribution is 0.559. The highest BCUT2D eigenvalue weighted by molar-refractivity contribution is 7.99. The number of aliphatic imine (C=N–C) groups is 1. The van der Waals surface area contributed by atoms with E-state index in [1.54, 1.807) is 0 Å². The number of fused-ring (bicyclic) bond motifs is 1. The van der Waals surface area contributed by atoms with Crippen molar-refractivity contribution in [3.8, 4) is 0 Å². The molecule has 4 rings (SSSR count). The molecule has 3 nitrogen and oxygen atoms in total. The molecule has 1 saturated heterocycles. The third-order valence-electron chi connectivity index (χ3n) is 5.32. The van der Waals surface area contributed by atoms with Crippen LogP contribution in [0.2, 0.25) is 0 Å². The first-order valence-electron chi connectivity index (χ1n) is 8.99. The van der Waals surface area contributed by atoms with Crippen molar-refractivity contribution in [1.82, 2.24) is 0 Å². The second-order valence-corrected chi connectivity index (χ2v) is 8.30. The summed E-state index contributed by atoms with van der Waals surface area (Å²) < 4.78 is 0. The van der Waals surface area contributed by atoms with Crippen LogP contribution < -0.4 is 10.6 Å². The van der Waals surface area contributed by atoms with Crippen LogP contribution in [-0.2, 0) is 6.54 Å². The van der Waals surface area contributed by atoms with Crippen molar-refractivity contribution < 1.29 is 0 Å². The maximum absolute atomic E-state index is 5.02. The van der Waals surface area contributed by atoms with E-state index in [2.05, 4.69) is 66.9 Å². The van der Waals surface area contributed by atoms with Crippen LogP contribution >= 0.6 is 11.8 Å². The predicted octanol–water partition coefficient (Wildman–Crippen LogP) is 5.01. The number of hydrogen-bond acceptors (Lipinski definition) is 3. The largest absolute Gasteiger partial charge is 0.371 e. The Labute approximate surface area is 154 Å². The van der Waals surface area contributed by atoms with Gasteiger partial charge in [-0.05, 0) is 67.0 Å². The number of nitrogens with one attached hydrogen (secondary N) is 2. The van der Waals surface area contributed by atoms with E-state index in [1.807, 2.05) is 11.8 Å². The Hall–Kier alpha value is -1.94. The minimum Gasteiger partial charge on any atom is -0.371 e. The standard InChI is InChI=1S/C21H25N3S/c1-15-12-18-19(13-16(15)2)24-21(8-10-25-11-9-21)20(23-18)22-14-17-6-4-3-5-7-17/h3-7,12-13,24H,8-11,14H2,1-2H3,(H,22,23). The highest BCUT2D eigenvalue weighted by atomic mass is 32.2. The van der Waals surface area contributed by atoms with Crippen LogP contribution in [0.3, 0.4) is 0 Å². The Morgan fingerprint density at radius 3 is 2.40 bits per heavy atom. The molecule has 2 aromatic carbocycles. The van der Waals surface area contributed by atoms with Gasteiger partial charge in [0.25, 0.3) is 0 Å². The molecule has 0 radical (unpaired) electrons. The molecule has 1 spiro atoms. The number of hydrogen-bond donors (Lipinski definition) is 2. The molecule has 0 atom stereocenters. The molecular weight excluding hydrogens is 326 g/mol. The summed E-state index contributed by atoms with van der Waals surface area (Å²) in [6, 6.07) is 15.0. The first-order chi connectivity index (χ1) is 12.2. The van der Waals surface area contributed by atoms with E-state index in [-0.39, 0.29) is 5.54 Å². The maximum atomic E-state index is 5.02. The summed E-state index contributed by atoms with van der Waals surface area (Å²) in [5.41, 5.74) is 6.22. The Morgan fingerprint density at radius 2 is 1.68 bits per heavy atom. The van der Waals surface area contributed by atoms with Crippen LogP contribution in [0, 0.1) is 13.8 Å². The monoisotopic (exact) mass is 351 g/mol. The summed E-state index contributed by atoms with van der Waals surface area (Å²) in [4.78, 5) is 5.02. The average Bonchev–Trinajstić information content (AvgIpc) is 2.63. The van der Waals surface area contributed by atoms with Crippen molar-refractivity contribution in [2.24, 2.45) is 4.99 Å². The number of amidine groups is 1. The number of rotatable bonds is 2. The fourth-order valence-electron chi connectivity index (χ4n) is 3.61. The van der Waals surface area contributed by atoms with Gasteiger partial charge in [0.2, 0.25) is 0 Å². The lowest BCUT2D eigenvalue weighted by atomic mass is 9.87. The molecule has 2 heterocycles. The van der Waals surface area contributed by atoms with E-state index in [0.717, 1.165) is 30.9 Å². The lowest BCUT2D eigenvalue weighted by Gasteiger charge is -2.44. The minimum absolute atomic E-state index is 0.0469. The summed E-state index contributed by atoms with van der Waals surface area (Å²) in [7, 11) is 0. The van der Waals surface area contributed by atoms with Crippen molar-refractivity contribution in [3.05, 3.63) is 59.2 Å². The molecule has 0 amide bonds. The third-order valence-corrected chi connectivity index (χ3v) is 6.31. The third kappa shape index (κ3) is 3.28. The molecule has 25 heavy (non-hydrogen) atoms. The van der Waals surface area contributed by atoms with Gasteiger partial charge < -0.3 is 10.6 Å². The number of thioether (sulfide) groups is 1. The minimum atomic E-state index is -0.0469. The molecule has 0 saturated carbocycles. The van der Waals surface area contributed by atoms with Crippen LogP contribution in [0.1, 0.15) is 29.5 Å². The van der Waals surface area contributed by atoms with Crippen molar-refractivity contribution >= 4 is 29.0 Å². The molecule has 2 aliphatic rings. The van der Waals surface area contributed by atoms with Crippen LogP contribution in [0.25, 0.3) is 0 Å². The van der Waals surface area contributed by atoms with E-state index in [0.29, 0.717) is 0 Å². The number of benzene rings is 2. The smallest absolute Gasteiger partial charge is 0.127 e. The fraction of sp³-hybridized carbons (Fsp3) is 0.381. The lowest BCUT2D eigenvalue weighted by Crippen LogP contribution is -2.54. The van der Waals surface area contributed by atoms with Crippen molar-refractivity contribution in [3.63, 3.8) is 0 Å². The maximum Gasteiger partial charge on any atom is 0.127 e. The van der Waals surface area contributed by atoms with E-state index in [1.165, 1.54) is 33.9 Å². The number of nitrogens with zero attached hydrogens (tertiary/aromatic N) is 1. The van der Waals surface area contributed by atoms with Gasteiger partial charge >= 0.3 is 0 Å². The summed E-state index contributed by atoms with van der Waals surface area (Å²) in [5, 5.41) is 7.53. The topological polar surface area (TPSA) is 36.4 Å². The Kier molecular flexibility index (Phi) is 4.46. The van der Waals surface area contributed by atoms with Gasteiger partial charge in [0, 0.05) is 0 Å². The fourth-order valence-corrected chi connectivity index (χ4v) is 4.80. The quantitative estimate of drug-likeness (QED) is 0.799. The second kappa shape index (κ2) is 6.75. The predicted molar refractivity (Wildman–Crippen MR) is 110 cm³/mol. The van der Waals surface area contributed by atoms with E-state index in [4.69, 9.17) is 4.99 Å². The van der Waals surface area contributed by atoms with Gasteiger partial charge in [0.05, 0.1) is 23.5 Å². The molecule has 0 bridgehead atoms. The van der Waals surface area contributed by atoms with Gasteiger partial charge in [0.15, 0.2) is 0 Å². The van der Waals surface area contributed by atoms with E-state index < -0.39 is 0 Å². The van der Waals surface area contributed by atoms with Crippen molar-refractivity contribution in [2.75, 3.05) is 22.1 Å². The summed E-state index contributed by atoms with van der Waals surface area (Å²) >= 11 is 2.04. The van der Waals surface area contributed by atoms with Crippen molar-refractivity contribution in [2.45, 2.75) is 38.8 Å². The first-order valence-corrected chi connectivity index (χ1v) is 10.1. The molecule has 0 unspecified atom stereocenters. The van der Waals surface area contributed by atoms with Gasteiger partial charge in [-0.3, -0.25) is 4.99 Å². The molecular formula is C21H25N3S. The SMILES string of the molecule is Cc1cc2c(cc1C)NC1(CCSCC1)C(=NCc1ccccc1)N2. The molecule has 2 N–H and O–H groups in total. The second-order valence-electron chi connectivity index (χ2n) is 7.08. The van der Waals surface area contributed by atoms with Crippen molar-refractivity contribution in [1.29, 1.82) is 0 Å². The van der Waals surface area contributed by atoms with Gasteiger partial charge in [0.1, 0.15) is 5.84 Å². The highest BCUT2D eigenvalue weighted by Crippen LogP contribution is 2.40. The van der Waals surface area contributed by atoms with Crippen LogP contribution in [0.5, 0.6) is 0 Å². The van der Waals surface area contributed by atoms with E-state index >= 15 is 0 Å². The summed E-state index contributed by atoms with van der Waals surface area (Å²) in [5.74, 6) is 3.46. The zero-order valence-corrected chi connectivity index (χ0v) is 15.7.